The second kappa shape index (κ2) is 10.0. The Morgan fingerprint density at radius 1 is 1.12 bits per heavy atom. The van der Waals surface area contributed by atoms with Gasteiger partial charge in [-0.15, -0.1) is 0 Å². The Labute approximate surface area is 188 Å². The molecular formula is C19H21ClF3N5O3S. The van der Waals surface area contributed by atoms with Gasteiger partial charge in [0.25, 0.3) is 0 Å². The Morgan fingerprint density at radius 3 is 2.44 bits per heavy atom. The van der Waals surface area contributed by atoms with Crippen molar-refractivity contribution in [2.45, 2.75) is 23.9 Å². The minimum absolute atomic E-state index is 0.0541. The molecule has 1 fully saturated rings. The number of sulfonamides is 1. The van der Waals surface area contributed by atoms with Gasteiger partial charge in [-0.2, -0.15) is 17.5 Å². The SMILES string of the molecule is O=C(NCCNc1ncccc1C(F)(F)F)C1CCN(S(=O)(=O)c2cccnc2Cl)CC1. The maximum Gasteiger partial charge on any atom is 0.419 e. The van der Waals surface area contributed by atoms with Gasteiger partial charge in [-0.25, -0.2) is 18.4 Å². The number of halogens is 4. The number of hydrogen-bond acceptors (Lipinski definition) is 6. The number of alkyl halides is 3. The van der Waals surface area contributed by atoms with E-state index in [1.54, 1.807) is 0 Å². The summed E-state index contributed by atoms with van der Waals surface area (Å²) in [5.74, 6) is -0.978. The molecule has 1 amide bonds. The summed E-state index contributed by atoms with van der Waals surface area (Å²) in [4.78, 5) is 19.8. The van der Waals surface area contributed by atoms with Crippen molar-refractivity contribution in [3.63, 3.8) is 0 Å². The second-order valence-corrected chi connectivity index (χ2v) is 9.35. The summed E-state index contributed by atoms with van der Waals surface area (Å²) >= 11 is 5.90. The van der Waals surface area contributed by atoms with Gasteiger partial charge in [0.2, 0.25) is 15.9 Å². The highest BCUT2D eigenvalue weighted by molar-refractivity contribution is 7.89. The maximum absolute atomic E-state index is 13.0. The minimum atomic E-state index is -4.53. The highest BCUT2D eigenvalue weighted by Crippen LogP contribution is 2.33. The Bertz CT molecular complexity index is 1060. The molecule has 0 saturated carbocycles. The van der Waals surface area contributed by atoms with Gasteiger partial charge in [0.15, 0.2) is 0 Å². The number of rotatable bonds is 7. The molecule has 1 aliphatic rings. The van der Waals surface area contributed by atoms with Gasteiger partial charge < -0.3 is 10.6 Å². The average Bonchev–Trinajstić information content (AvgIpc) is 2.76. The van der Waals surface area contributed by atoms with Crippen LogP contribution in [0.2, 0.25) is 5.15 Å². The Balaban J connectivity index is 1.47. The Kier molecular flexibility index (Phi) is 7.57. The summed E-state index contributed by atoms with van der Waals surface area (Å²) in [5, 5.41) is 5.13. The topological polar surface area (TPSA) is 104 Å². The standard InChI is InChI=1S/C19H21ClF3N5O3S/c20-16-15(4-2-7-24-16)32(30,31)28-11-5-13(6-12-28)18(29)27-10-9-26-17-14(19(21,22)23)3-1-8-25-17/h1-4,7-8,13H,5-6,9-12H2,(H,25,26)(H,27,29). The van der Waals surface area contributed by atoms with Crippen LogP contribution in [0.15, 0.2) is 41.6 Å². The lowest BCUT2D eigenvalue weighted by atomic mass is 9.97. The Hall–Kier alpha value is -2.44. The monoisotopic (exact) mass is 491 g/mol. The number of nitrogens with one attached hydrogen (secondary N) is 2. The molecule has 2 N–H and O–H groups in total. The third kappa shape index (κ3) is 5.67. The summed E-state index contributed by atoms with van der Waals surface area (Å²) in [6.07, 6.45) is -1.26. The first kappa shape index (κ1) is 24.2. The van der Waals surface area contributed by atoms with Crippen molar-refractivity contribution in [3.05, 3.63) is 47.4 Å². The van der Waals surface area contributed by atoms with E-state index in [9.17, 15) is 26.4 Å². The molecule has 0 aromatic carbocycles. The van der Waals surface area contributed by atoms with Crippen molar-refractivity contribution in [1.82, 2.24) is 19.6 Å². The molecule has 0 bridgehead atoms. The molecule has 174 valence electrons. The van der Waals surface area contributed by atoms with E-state index in [1.165, 1.54) is 34.9 Å². The first-order valence-electron chi connectivity index (χ1n) is 9.75. The van der Waals surface area contributed by atoms with E-state index in [0.29, 0.717) is 12.8 Å². The summed E-state index contributed by atoms with van der Waals surface area (Å²) in [6, 6.07) is 4.98. The highest BCUT2D eigenvalue weighted by Gasteiger charge is 2.35. The summed E-state index contributed by atoms with van der Waals surface area (Å²) in [5.41, 5.74) is -0.881. The van der Waals surface area contributed by atoms with Gasteiger partial charge in [-0.3, -0.25) is 4.79 Å². The number of pyridine rings is 2. The zero-order chi connectivity index (χ0) is 23.4. The van der Waals surface area contributed by atoms with Crippen molar-refractivity contribution in [2.24, 2.45) is 5.92 Å². The lowest BCUT2D eigenvalue weighted by Gasteiger charge is -2.30. The molecule has 2 aromatic rings. The first-order valence-corrected chi connectivity index (χ1v) is 11.6. The zero-order valence-electron chi connectivity index (χ0n) is 16.8. The fourth-order valence-electron chi connectivity index (χ4n) is 3.35. The first-order chi connectivity index (χ1) is 15.1. The molecule has 3 rings (SSSR count). The van der Waals surface area contributed by atoms with Gasteiger partial charge in [-0.1, -0.05) is 11.6 Å². The molecule has 13 heteroatoms. The normalized spacial score (nSPS) is 16.0. The van der Waals surface area contributed by atoms with Crippen molar-refractivity contribution in [3.8, 4) is 0 Å². The molecular weight excluding hydrogens is 471 g/mol. The van der Waals surface area contributed by atoms with Gasteiger partial charge in [-0.05, 0) is 37.1 Å². The van der Waals surface area contributed by atoms with E-state index in [4.69, 9.17) is 11.6 Å². The molecule has 3 heterocycles. The number of piperidine rings is 1. The van der Waals surface area contributed by atoms with Crippen LogP contribution in [0.3, 0.4) is 0 Å². The number of anilines is 1. The molecule has 1 aliphatic heterocycles. The second-order valence-electron chi connectivity index (χ2n) is 7.09. The highest BCUT2D eigenvalue weighted by atomic mass is 35.5. The van der Waals surface area contributed by atoms with Crippen molar-refractivity contribution in [2.75, 3.05) is 31.5 Å². The van der Waals surface area contributed by atoms with E-state index >= 15 is 0 Å². The summed E-state index contributed by atoms with van der Waals surface area (Å²) in [6.45, 7) is 0.439. The number of amides is 1. The summed E-state index contributed by atoms with van der Waals surface area (Å²) in [7, 11) is -3.81. The van der Waals surface area contributed by atoms with Crippen LogP contribution in [0.25, 0.3) is 0 Å². The lowest BCUT2D eigenvalue weighted by Crippen LogP contribution is -2.43. The number of nitrogens with zero attached hydrogens (tertiary/aromatic N) is 3. The predicted molar refractivity (Wildman–Crippen MR) is 111 cm³/mol. The molecule has 32 heavy (non-hydrogen) atoms. The molecule has 0 aliphatic carbocycles. The maximum atomic E-state index is 13.0. The van der Waals surface area contributed by atoms with Crippen LogP contribution in [0.5, 0.6) is 0 Å². The number of carbonyl (C=O) groups excluding carboxylic acids is 1. The average molecular weight is 492 g/mol. The fraction of sp³-hybridized carbons (Fsp3) is 0.421. The van der Waals surface area contributed by atoms with E-state index in [2.05, 4.69) is 20.6 Å². The van der Waals surface area contributed by atoms with Crippen LogP contribution in [-0.4, -0.2) is 54.8 Å². The molecule has 0 spiro atoms. The van der Waals surface area contributed by atoms with Gasteiger partial charge in [0.05, 0.1) is 5.56 Å². The quantitative estimate of drug-likeness (QED) is 0.456. The van der Waals surface area contributed by atoms with Crippen LogP contribution < -0.4 is 10.6 Å². The lowest BCUT2D eigenvalue weighted by molar-refractivity contribution is -0.137. The Morgan fingerprint density at radius 2 is 1.78 bits per heavy atom. The van der Waals surface area contributed by atoms with Crippen LogP contribution in [0.1, 0.15) is 18.4 Å². The molecule has 0 unspecified atom stereocenters. The van der Waals surface area contributed by atoms with E-state index in [-0.39, 0.29) is 48.0 Å². The third-order valence-corrected chi connectivity index (χ3v) is 7.34. The predicted octanol–water partition coefficient (Wildman–Crippen LogP) is 2.78. The number of hydrogen-bond donors (Lipinski definition) is 2. The fourth-order valence-corrected chi connectivity index (χ4v) is 5.24. The van der Waals surface area contributed by atoms with Gasteiger partial charge in [0, 0.05) is 44.5 Å². The smallest absolute Gasteiger partial charge is 0.368 e. The van der Waals surface area contributed by atoms with Crippen LogP contribution in [0, 0.1) is 5.92 Å². The zero-order valence-corrected chi connectivity index (χ0v) is 18.3. The van der Waals surface area contributed by atoms with Crippen molar-refractivity contribution in [1.29, 1.82) is 0 Å². The van der Waals surface area contributed by atoms with Crippen LogP contribution in [-0.2, 0) is 21.0 Å². The molecule has 2 aromatic heterocycles. The van der Waals surface area contributed by atoms with Gasteiger partial charge >= 0.3 is 6.18 Å². The van der Waals surface area contributed by atoms with Gasteiger partial charge in [0.1, 0.15) is 15.9 Å². The third-order valence-electron chi connectivity index (χ3n) is 5.00. The van der Waals surface area contributed by atoms with E-state index < -0.39 is 27.7 Å². The number of carbonyl (C=O) groups is 1. The molecule has 1 saturated heterocycles. The molecule has 0 radical (unpaired) electrons. The van der Waals surface area contributed by atoms with Crippen molar-refractivity contribution >= 4 is 33.3 Å². The number of aromatic nitrogens is 2. The van der Waals surface area contributed by atoms with E-state index in [0.717, 1.165) is 6.07 Å². The largest absolute Gasteiger partial charge is 0.419 e. The van der Waals surface area contributed by atoms with Crippen molar-refractivity contribution < 1.29 is 26.4 Å². The minimum Gasteiger partial charge on any atom is -0.368 e. The molecule has 8 nitrogen and oxygen atoms in total. The van der Waals surface area contributed by atoms with Crippen LogP contribution in [0.4, 0.5) is 19.0 Å². The summed E-state index contributed by atoms with van der Waals surface area (Å²) < 4.78 is 65.6. The van der Waals surface area contributed by atoms with E-state index in [1.807, 2.05) is 0 Å². The molecule has 0 atom stereocenters. The van der Waals surface area contributed by atoms with Crippen LogP contribution >= 0.6 is 11.6 Å².